The Hall–Kier alpha value is -3.45. The molecule has 0 unspecified atom stereocenters. The van der Waals surface area contributed by atoms with Gasteiger partial charge in [0.1, 0.15) is 6.61 Å². The lowest BCUT2D eigenvalue weighted by Crippen LogP contribution is -2.23. The lowest BCUT2D eigenvalue weighted by atomic mass is 10.1. The summed E-state index contributed by atoms with van der Waals surface area (Å²) in [6.45, 7) is 4.95. The van der Waals surface area contributed by atoms with Crippen LogP contribution in [0.3, 0.4) is 0 Å². The van der Waals surface area contributed by atoms with E-state index in [1.54, 1.807) is 12.1 Å². The van der Waals surface area contributed by atoms with Gasteiger partial charge in [-0.2, -0.15) is 5.10 Å². The van der Waals surface area contributed by atoms with Crippen LogP contribution in [0.25, 0.3) is 0 Å². The SMILES string of the molecule is COCC(=O)Nc1cccc(CNC(=O)c2cccc(Cn3nc(C)cc3C)c2)c1. The van der Waals surface area contributed by atoms with E-state index >= 15 is 0 Å². The van der Waals surface area contributed by atoms with Crippen molar-refractivity contribution < 1.29 is 14.3 Å². The summed E-state index contributed by atoms with van der Waals surface area (Å²) in [5.74, 6) is -0.378. The van der Waals surface area contributed by atoms with Crippen LogP contribution in [0, 0.1) is 13.8 Å². The smallest absolute Gasteiger partial charge is 0.251 e. The fraction of sp³-hybridized carbons (Fsp3) is 0.261. The second kappa shape index (κ2) is 9.84. The molecule has 1 aromatic heterocycles. The van der Waals surface area contributed by atoms with Gasteiger partial charge in [-0.25, -0.2) is 0 Å². The topological polar surface area (TPSA) is 85.3 Å². The molecule has 0 aliphatic carbocycles. The number of rotatable bonds is 8. The van der Waals surface area contributed by atoms with Crippen LogP contribution in [-0.2, 0) is 22.6 Å². The molecule has 0 fully saturated rings. The van der Waals surface area contributed by atoms with Gasteiger partial charge in [0.25, 0.3) is 5.91 Å². The van der Waals surface area contributed by atoms with Crippen LogP contribution >= 0.6 is 0 Å². The maximum absolute atomic E-state index is 12.6. The Balaban J connectivity index is 1.61. The zero-order chi connectivity index (χ0) is 21.5. The van der Waals surface area contributed by atoms with E-state index < -0.39 is 0 Å². The highest BCUT2D eigenvalue weighted by atomic mass is 16.5. The molecule has 0 aliphatic rings. The summed E-state index contributed by atoms with van der Waals surface area (Å²) in [4.78, 5) is 24.3. The highest BCUT2D eigenvalue weighted by molar-refractivity contribution is 5.94. The van der Waals surface area contributed by atoms with E-state index in [1.165, 1.54) is 7.11 Å². The molecule has 7 nitrogen and oxygen atoms in total. The molecule has 2 aromatic carbocycles. The van der Waals surface area contributed by atoms with E-state index in [1.807, 2.05) is 61.0 Å². The number of anilines is 1. The number of benzene rings is 2. The Labute approximate surface area is 176 Å². The number of nitrogens with zero attached hydrogens (tertiary/aromatic N) is 2. The number of carbonyl (C=O) groups excluding carboxylic acids is 2. The Morgan fingerprint density at radius 2 is 1.80 bits per heavy atom. The molecule has 2 amide bonds. The maximum atomic E-state index is 12.6. The van der Waals surface area contributed by atoms with Crippen LogP contribution in [0.15, 0.2) is 54.6 Å². The van der Waals surface area contributed by atoms with Crippen LogP contribution in [0.5, 0.6) is 0 Å². The summed E-state index contributed by atoms with van der Waals surface area (Å²) in [5, 5.41) is 10.2. The van der Waals surface area contributed by atoms with E-state index in [2.05, 4.69) is 15.7 Å². The van der Waals surface area contributed by atoms with Gasteiger partial charge in [-0.1, -0.05) is 24.3 Å². The third kappa shape index (κ3) is 5.78. The molecule has 0 saturated heterocycles. The van der Waals surface area contributed by atoms with Crippen molar-refractivity contribution in [2.24, 2.45) is 0 Å². The van der Waals surface area contributed by atoms with Gasteiger partial charge in [0.15, 0.2) is 0 Å². The minimum absolute atomic E-state index is 0.00503. The first kappa shape index (κ1) is 21.3. The number of amides is 2. The van der Waals surface area contributed by atoms with Crippen LogP contribution in [0.4, 0.5) is 5.69 Å². The molecule has 0 atom stereocenters. The third-order valence-electron chi connectivity index (χ3n) is 4.56. The van der Waals surface area contributed by atoms with Crippen molar-refractivity contribution in [3.8, 4) is 0 Å². The average Bonchev–Trinajstić information content (AvgIpc) is 3.03. The first-order valence-corrected chi connectivity index (χ1v) is 9.70. The summed E-state index contributed by atoms with van der Waals surface area (Å²) in [7, 11) is 1.47. The summed E-state index contributed by atoms with van der Waals surface area (Å²) in [6.07, 6.45) is 0. The van der Waals surface area contributed by atoms with Crippen molar-refractivity contribution in [3.05, 3.63) is 82.7 Å². The number of carbonyl (C=O) groups is 2. The van der Waals surface area contributed by atoms with E-state index in [-0.39, 0.29) is 18.4 Å². The van der Waals surface area contributed by atoms with Gasteiger partial charge in [0.05, 0.1) is 12.2 Å². The van der Waals surface area contributed by atoms with Crippen LogP contribution < -0.4 is 10.6 Å². The lowest BCUT2D eigenvalue weighted by molar-refractivity contribution is -0.119. The Morgan fingerprint density at radius 3 is 2.53 bits per heavy atom. The largest absolute Gasteiger partial charge is 0.375 e. The van der Waals surface area contributed by atoms with Gasteiger partial charge in [-0.3, -0.25) is 14.3 Å². The molecule has 156 valence electrons. The third-order valence-corrected chi connectivity index (χ3v) is 4.56. The van der Waals surface area contributed by atoms with Crippen molar-refractivity contribution in [1.82, 2.24) is 15.1 Å². The Kier molecular flexibility index (Phi) is 6.98. The van der Waals surface area contributed by atoms with Crippen molar-refractivity contribution in [2.75, 3.05) is 19.0 Å². The number of hydrogen-bond donors (Lipinski definition) is 2. The number of nitrogens with one attached hydrogen (secondary N) is 2. The predicted octanol–water partition coefficient (Wildman–Crippen LogP) is 3.06. The molecular formula is C23H26N4O3. The highest BCUT2D eigenvalue weighted by Gasteiger charge is 2.09. The number of ether oxygens (including phenoxy) is 1. The Bertz CT molecular complexity index is 1040. The number of hydrogen-bond acceptors (Lipinski definition) is 4. The fourth-order valence-electron chi connectivity index (χ4n) is 3.19. The first-order valence-electron chi connectivity index (χ1n) is 9.70. The molecule has 30 heavy (non-hydrogen) atoms. The quantitative estimate of drug-likeness (QED) is 0.602. The molecule has 0 saturated carbocycles. The minimum Gasteiger partial charge on any atom is -0.375 e. The summed E-state index contributed by atoms with van der Waals surface area (Å²) < 4.78 is 6.74. The summed E-state index contributed by atoms with van der Waals surface area (Å²) in [5.41, 5.74) is 5.21. The molecule has 1 heterocycles. The van der Waals surface area contributed by atoms with Crippen molar-refractivity contribution in [2.45, 2.75) is 26.9 Å². The molecule has 2 N–H and O–H groups in total. The van der Waals surface area contributed by atoms with Crippen molar-refractivity contribution in [3.63, 3.8) is 0 Å². The van der Waals surface area contributed by atoms with Crippen LogP contribution in [0.2, 0.25) is 0 Å². The highest BCUT2D eigenvalue weighted by Crippen LogP contribution is 2.12. The van der Waals surface area contributed by atoms with E-state index in [9.17, 15) is 9.59 Å². The predicted molar refractivity (Wildman–Crippen MR) is 115 cm³/mol. The first-order chi connectivity index (χ1) is 14.4. The van der Waals surface area contributed by atoms with Gasteiger partial charge in [0.2, 0.25) is 5.91 Å². The maximum Gasteiger partial charge on any atom is 0.251 e. The number of aryl methyl sites for hydroxylation is 2. The van der Waals surface area contributed by atoms with Crippen molar-refractivity contribution >= 4 is 17.5 Å². The number of methoxy groups -OCH3 is 1. The molecular weight excluding hydrogens is 380 g/mol. The standard InChI is InChI=1S/C23H26N4O3/c1-16-10-17(2)27(26-16)14-19-7-4-8-20(11-19)23(29)24-13-18-6-5-9-21(12-18)25-22(28)15-30-3/h4-12H,13-15H2,1-3H3,(H,24,29)(H,25,28). The zero-order valence-electron chi connectivity index (χ0n) is 17.4. The minimum atomic E-state index is -0.224. The van der Waals surface area contributed by atoms with E-state index in [0.717, 1.165) is 22.5 Å². The molecule has 0 spiro atoms. The van der Waals surface area contributed by atoms with E-state index in [0.29, 0.717) is 24.3 Å². The molecule has 0 aliphatic heterocycles. The molecule has 0 bridgehead atoms. The van der Waals surface area contributed by atoms with Crippen LogP contribution in [0.1, 0.15) is 32.9 Å². The molecule has 3 aromatic rings. The zero-order valence-corrected chi connectivity index (χ0v) is 17.4. The summed E-state index contributed by atoms with van der Waals surface area (Å²) >= 11 is 0. The number of aromatic nitrogens is 2. The fourth-order valence-corrected chi connectivity index (χ4v) is 3.19. The van der Waals surface area contributed by atoms with Gasteiger partial charge < -0.3 is 15.4 Å². The normalized spacial score (nSPS) is 10.6. The second-order valence-corrected chi connectivity index (χ2v) is 7.15. The summed E-state index contributed by atoms with van der Waals surface area (Å²) in [6, 6.07) is 16.9. The average molecular weight is 406 g/mol. The second-order valence-electron chi connectivity index (χ2n) is 7.15. The van der Waals surface area contributed by atoms with E-state index in [4.69, 9.17) is 4.74 Å². The van der Waals surface area contributed by atoms with Crippen LogP contribution in [-0.4, -0.2) is 35.3 Å². The van der Waals surface area contributed by atoms with Gasteiger partial charge in [-0.15, -0.1) is 0 Å². The lowest BCUT2D eigenvalue weighted by Gasteiger charge is -2.10. The molecule has 3 rings (SSSR count). The van der Waals surface area contributed by atoms with Gasteiger partial charge >= 0.3 is 0 Å². The Morgan fingerprint density at radius 1 is 1.03 bits per heavy atom. The monoisotopic (exact) mass is 406 g/mol. The van der Waals surface area contributed by atoms with Gasteiger partial charge in [-0.05, 0) is 55.3 Å². The molecule has 7 heteroatoms. The van der Waals surface area contributed by atoms with Gasteiger partial charge in [0, 0.05) is 30.6 Å². The molecule has 0 radical (unpaired) electrons. The van der Waals surface area contributed by atoms with Crippen molar-refractivity contribution in [1.29, 1.82) is 0 Å².